The molecular weight excluding hydrogens is 700 g/mol. The monoisotopic (exact) mass is 758 g/mol. The van der Waals surface area contributed by atoms with Crippen molar-refractivity contribution in [1.82, 2.24) is 15.7 Å². The molecule has 4 rings (SSSR count). The first kappa shape index (κ1) is 43.2. The maximum absolute atomic E-state index is 12.7. The fourth-order valence-electron chi connectivity index (χ4n) is 6.67. The van der Waals surface area contributed by atoms with Crippen LogP contribution >= 0.6 is 0 Å². The Morgan fingerprint density at radius 2 is 1.50 bits per heavy atom. The van der Waals surface area contributed by atoms with E-state index in [1.54, 1.807) is 0 Å². The smallest absolute Gasteiger partial charge is 0.341 e. The lowest BCUT2D eigenvalue weighted by Gasteiger charge is -2.46. The van der Waals surface area contributed by atoms with Crippen molar-refractivity contribution in [3.8, 4) is 0 Å². The minimum atomic E-state index is -1.68. The number of rotatable bonds is 16. The third-order valence-corrected chi connectivity index (χ3v) is 9.69. The van der Waals surface area contributed by atoms with E-state index < -0.39 is 129 Å². The Hall–Kier alpha value is -1.53. The number of hydrogen-bond acceptors (Lipinski definition) is 21. The highest BCUT2D eigenvalue weighted by Gasteiger charge is 2.54. The number of carbonyl (C=O) groups excluding carboxylic acids is 1. The summed E-state index contributed by atoms with van der Waals surface area (Å²) < 4.78 is 35.8. The molecule has 3 heterocycles. The molecule has 20 N–H and O–H groups in total. The molecule has 0 bridgehead atoms. The molecule has 0 aromatic carbocycles. The largest absolute Gasteiger partial charge is 0.394 e. The quantitative estimate of drug-likeness (QED) is 0.0513. The number of hydrogen-bond donors (Lipinski definition) is 15. The van der Waals surface area contributed by atoms with Gasteiger partial charge in [-0.1, -0.05) is 0 Å². The van der Waals surface area contributed by atoms with Crippen molar-refractivity contribution in [3.05, 3.63) is 0 Å². The van der Waals surface area contributed by atoms with Crippen LogP contribution in [0.25, 0.3) is 0 Å². The number of carbonyl (C=O) groups is 1. The summed E-state index contributed by atoms with van der Waals surface area (Å²) in [6.45, 7) is -1.15. The molecule has 0 aromatic heterocycles. The maximum atomic E-state index is 12.7. The van der Waals surface area contributed by atoms with Crippen molar-refractivity contribution >= 4 is 6.03 Å². The van der Waals surface area contributed by atoms with Gasteiger partial charge in [0.05, 0.1) is 50.1 Å². The molecule has 1 aliphatic carbocycles. The Morgan fingerprint density at radius 3 is 2.15 bits per heavy atom. The van der Waals surface area contributed by atoms with E-state index in [-0.39, 0.29) is 32.6 Å². The summed E-state index contributed by atoms with van der Waals surface area (Å²) >= 11 is 0. The molecule has 0 spiro atoms. The molecule has 4 aliphatic rings. The van der Waals surface area contributed by atoms with E-state index in [2.05, 4.69) is 10.6 Å². The number of nitrogens with one attached hydrogen (secondary N) is 2. The average molecular weight is 759 g/mol. The molecule has 3 aliphatic heterocycles. The molecule has 0 radical (unpaired) electrons. The van der Waals surface area contributed by atoms with Crippen LogP contribution in [0.3, 0.4) is 0 Å². The van der Waals surface area contributed by atoms with Gasteiger partial charge in [-0.05, 0) is 19.3 Å². The number of urea groups is 1. The second-order valence-corrected chi connectivity index (χ2v) is 13.6. The number of aliphatic hydroxyl groups excluding tert-OH is 7. The summed E-state index contributed by atoms with van der Waals surface area (Å²) in [6.07, 6.45) is -17.0. The third kappa shape index (κ3) is 10.4. The van der Waals surface area contributed by atoms with Gasteiger partial charge in [-0.3, -0.25) is 5.21 Å². The van der Waals surface area contributed by atoms with Crippen LogP contribution in [-0.2, 0) is 28.4 Å². The second kappa shape index (κ2) is 19.9. The van der Waals surface area contributed by atoms with Crippen molar-refractivity contribution in [1.29, 1.82) is 0 Å². The highest BCUT2D eigenvalue weighted by molar-refractivity contribution is 5.73. The third-order valence-electron chi connectivity index (χ3n) is 9.69. The summed E-state index contributed by atoms with van der Waals surface area (Å²) in [4.78, 5) is 12.7. The Kier molecular flexibility index (Phi) is 16.5. The van der Waals surface area contributed by atoms with E-state index >= 15 is 0 Å². The van der Waals surface area contributed by atoms with Gasteiger partial charge >= 0.3 is 6.03 Å². The van der Waals surface area contributed by atoms with Crippen LogP contribution < -0.4 is 39.3 Å². The van der Waals surface area contributed by atoms with Crippen molar-refractivity contribution < 1.29 is 74.2 Å². The van der Waals surface area contributed by atoms with Gasteiger partial charge in [0.25, 0.3) is 0 Å². The number of amides is 2. The molecule has 2 amide bonds. The van der Waals surface area contributed by atoms with Gasteiger partial charge in [0.2, 0.25) is 0 Å². The highest BCUT2D eigenvalue weighted by Crippen LogP contribution is 2.34. The predicted molar refractivity (Wildman–Crippen MR) is 174 cm³/mol. The molecule has 18 atom stereocenters. The highest BCUT2D eigenvalue weighted by atomic mass is 16.8. The lowest BCUT2D eigenvalue weighted by molar-refractivity contribution is -0.289. The summed E-state index contributed by atoms with van der Waals surface area (Å²) in [5.41, 5.74) is 30.0. The SMILES string of the molecule is NCCN(O)C(=O)N[C@@H]1C[C@H](N)[C@@H](O[C@H]2O[C@H](CNCC(O)CO)CC[C@H]2N)[C@H](O[C@@H]2O[C@H](CO)[C@@H](O[C@H]3O[C@@H](CN)[C@@H](O)[C@H](O)[C@H]3N)[C@H]2O)[C@H]1O. The standard InChI is InChI=1S/C29H58N8O15/c30-3-4-37(46)29(45)36-15-5-14(33)23(50-26-13(32)2-1-12(47-26)8-35-7-11(40)9-38)25(19(15)41)52-28-22(44)24(17(10-39)49-28)51-27-18(34)21(43)20(42)16(6-31)48-27/h11-28,35,38-44,46H,1-10,30-34H2,(H,36,45)/t11?,12-,13+,14-,15+,16-,17+,18+,19-,20+,21+,22+,23+,24+,25+,26+,27+,28-/m0/s1. The molecule has 304 valence electrons. The number of aliphatic hydroxyl groups is 7. The number of ether oxygens (including phenoxy) is 6. The van der Waals surface area contributed by atoms with Crippen LogP contribution in [0.4, 0.5) is 4.79 Å². The fourth-order valence-corrected chi connectivity index (χ4v) is 6.67. The van der Waals surface area contributed by atoms with Gasteiger partial charge in [-0.15, -0.1) is 0 Å². The van der Waals surface area contributed by atoms with Crippen molar-refractivity contribution in [2.24, 2.45) is 28.7 Å². The summed E-state index contributed by atoms with van der Waals surface area (Å²) in [5, 5.41) is 88.4. The average Bonchev–Trinajstić information content (AvgIpc) is 3.42. The molecule has 0 aromatic rings. The van der Waals surface area contributed by atoms with E-state index in [1.807, 2.05) is 0 Å². The number of nitrogens with zero attached hydrogens (tertiary/aromatic N) is 1. The van der Waals surface area contributed by atoms with E-state index in [4.69, 9.17) is 62.2 Å². The molecule has 52 heavy (non-hydrogen) atoms. The summed E-state index contributed by atoms with van der Waals surface area (Å²) in [7, 11) is 0. The maximum Gasteiger partial charge on any atom is 0.341 e. The van der Waals surface area contributed by atoms with Crippen LogP contribution in [0.15, 0.2) is 0 Å². The van der Waals surface area contributed by atoms with E-state index in [1.165, 1.54) is 0 Å². The zero-order valence-electron chi connectivity index (χ0n) is 28.7. The number of hydroxylamine groups is 2. The molecule has 4 fully saturated rings. The van der Waals surface area contributed by atoms with Crippen molar-refractivity contribution in [2.45, 2.75) is 129 Å². The zero-order chi connectivity index (χ0) is 38.3. The van der Waals surface area contributed by atoms with Crippen molar-refractivity contribution in [3.63, 3.8) is 0 Å². The Balaban J connectivity index is 1.53. The molecule has 1 saturated carbocycles. The molecular formula is C29H58N8O15. The second-order valence-electron chi connectivity index (χ2n) is 13.6. The minimum absolute atomic E-state index is 0.0478. The molecule has 3 saturated heterocycles. The fraction of sp³-hybridized carbons (Fsp3) is 0.966. The zero-order valence-corrected chi connectivity index (χ0v) is 28.7. The molecule has 23 heteroatoms. The van der Waals surface area contributed by atoms with Crippen LogP contribution in [0.1, 0.15) is 19.3 Å². The van der Waals surface area contributed by atoms with Gasteiger partial charge in [0.1, 0.15) is 54.9 Å². The normalized spacial score (nSPS) is 43.3. The Morgan fingerprint density at radius 1 is 0.827 bits per heavy atom. The summed E-state index contributed by atoms with van der Waals surface area (Å²) in [6, 6.07) is -4.99. The van der Waals surface area contributed by atoms with Crippen LogP contribution in [0.5, 0.6) is 0 Å². The molecule has 1 unspecified atom stereocenters. The first-order valence-corrected chi connectivity index (χ1v) is 17.4. The summed E-state index contributed by atoms with van der Waals surface area (Å²) in [5.74, 6) is 0. The van der Waals surface area contributed by atoms with E-state index in [9.17, 15) is 40.6 Å². The minimum Gasteiger partial charge on any atom is -0.394 e. The van der Waals surface area contributed by atoms with Gasteiger partial charge in [0, 0.05) is 32.2 Å². The van der Waals surface area contributed by atoms with E-state index in [0.29, 0.717) is 24.4 Å². The van der Waals surface area contributed by atoms with Crippen molar-refractivity contribution in [2.75, 3.05) is 45.9 Å². The van der Waals surface area contributed by atoms with Gasteiger partial charge in [0.15, 0.2) is 18.9 Å². The van der Waals surface area contributed by atoms with Gasteiger partial charge in [-0.2, -0.15) is 0 Å². The predicted octanol–water partition coefficient (Wildman–Crippen LogP) is -8.45. The van der Waals surface area contributed by atoms with Crippen LogP contribution in [0, 0.1) is 0 Å². The Bertz CT molecular complexity index is 1090. The van der Waals surface area contributed by atoms with Crippen LogP contribution in [0.2, 0.25) is 0 Å². The molecule has 23 nitrogen and oxygen atoms in total. The van der Waals surface area contributed by atoms with Gasteiger partial charge in [-0.25, -0.2) is 9.86 Å². The lowest BCUT2D eigenvalue weighted by atomic mass is 9.83. The first-order valence-electron chi connectivity index (χ1n) is 17.4. The Labute approximate surface area is 300 Å². The lowest BCUT2D eigenvalue weighted by Crippen LogP contribution is -2.67. The van der Waals surface area contributed by atoms with Crippen LogP contribution in [-0.4, -0.2) is 208 Å². The van der Waals surface area contributed by atoms with Gasteiger partial charge < -0.3 is 103 Å². The first-order chi connectivity index (χ1) is 24.7. The number of nitrogens with two attached hydrogens (primary N) is 5. The van der Waals surface area contributed by atoms with E-state index in [0.717, 1.165) is 0 Å². The topological polar surface area (TPSA) is 392 Å².